The fourth-order valence-corrected chi connectivity index (χ4v) is 3.13. The average molecular weight is 304 g/mol. The summed E-state index contributed by atoms with van der Waals surface area (Å²) in [7, 11) is 0. The second-order valence-corrected chi connectivity index (χ2v) is 5.85. The van der Waals surface area contributed by atoms with Crippen molar-refractivity contribution in [3.63, 3.8) is 0 Å². The summed E-state index contributed by atoms with van der Waals surface area (Å²) in [6.07, 6.45) is 2.79. The van der Waals surface area contributed by atoms with Gasteiger partial charge >= 0.3 is 11.9 Å². The van der Waals surface area contributed by atoms with E-state index in [0.29, 0.717) is 35.8 Å². The zero-order valence-corrected chi connectivity index (χ0v) is 13.8. The van der Waals surface area contributed by atoms with Gasteiger partial charge in [-0.25, -0.2) is 9.59 Å². The number of benzene rings is 1. The second-order valence-electron chi connectivity index (χ2n) is 5.85. The zero-order valence-electron chi connectivity index (χ0n) is 13.8. The maximum absolute atomic E-state index is 12.4. The van der Waals surface area contributed by atoms with Gasteiger partial charge in [0.15, 0.2) is 0 Å². The summed E-state index contributed by atoms with van der Waals surface area (Å²) in [6, 6.07) is 1.90. The molecule has 4 heteroatoms. The molecule has 0 N–H and O–H groups in total. The fraction of sp³-hybridized carbons (Fsp3) is 0.556. The highest BCUT2D eigenvalue weighted by Crippen LogP contribution is 2.32. The van der Waals surface area contributed by atoms with Crippen LogP contribution in [0.2, 0.25) is 0 Å². The summed E-state index contributed by atoms with van der Waals surface area (Å²) in [6.45, 7) is 8.21. The van der Waals surface area contributed by atoms with E-state index in [1.807, 2.05) is 6.07 Å². The van der Waals surface area contributed by atoms with Crippen LogP contribution in [-0.4, -0.2) is 25.2 Å². The maximum atomic E-state index is 12.4. The number of carbonyl (C=O) groups is 2. The van der Waals surface area contributed by atoms with Gasteiger partial charge in [0, 0.05) is 0 Å². The standard InChI is InChI=1S/C18H24O4/c1-5-21-17(19)15-10-13-9-11(3)7-8-14(13)16(12(15)4)18(20)22-6-2/h10-11H,5-9H2,1-4H3. The van der Waals surface area contributed by atoms with Crippen molar-refractivity contribution in [3.8, 4) is 0 Å². The molecule has 0 fully saturated rings. The Kier molecular flexibility index (Phi) is 5.22. The Balaban J connectivity index is 2.58. The fourth-order valence-electron chi connectivity index (χ4n) is 3.13. The summed E-state index contributed by atoms with van der Waals surface area (Å²) < 4.78 is 10.3. The molecule has 1 unspecified atom stereocenters. The molecule has 0 bridgehead atoms. The van der Waals surface area contributed by atoms with Crippen molar-refractivity contribution in [2.24, 2.45) is 5.92 Å². The third kappa shape index (κ3) is 3.16. The van der Waals surface area contributed by atoms with E-state index in [0.717, 1.165) is 30.4 Å². The minimum atomic E-state index is -0.369. The molecular formula is C18H24O4. The highest BCUT2D eigenvalue weighted by molar-refractivity contribution is 5.99. The van der Waals surface area contributed by atoms with Crippen molar-refractivity contribution in [1.29, 1.82) is 0 Å². The topological polar surface area (TPSA) is 52.6 Å². The molecule has 0 aliphatic heterocycles. The van der Waals surface area contributed by atoms with Crippen molar-refractivity contribution >= 4 is 11.9 Å². The quantitative estimate of drug-likeness (QED) is 0.799. The van der Waals surface area contributed by atoms with E-state index in [2.05, 4.69) is 6.92 Å². The molecule has 1 aliphatic carbocycles. The van der Waals surface area contributed by atoms with E-state index in [1.165, 1.54) is 0 Å². The molecule has 0 saturated carbocycles. The van der Waals surface area contributed by atoms with Crippen LogP contribution in [0.3, 0.4) is 0 Å². The molecule has 0 radical (unpaired) electrons. The molecular weight excluding hydrogens is 280 g/mol. The lowest BCUT2D eigenvalue weighted by Gasteiger charge is -2.25. The van der Waals surface area contributed by atoms with E-state index in [-0.39, 0.29) is 11.9 Å². The van der Waals surface area contributed by atoms with Gasteiger partial charge in [0.05, 0.1) is 24.3 Å². The zero-order chi connectivity index (χ0) is 16.3. The Morgan fingerprint density at radius 1 is 1.18 bits per heavy atom. The first kappa shape index (κ1) is 16.5. The minimum Gasteiger partial charge on any atom is -0.462 e. The largest absolute Gasteiger partial charge is 0.462 e. The third-order valence-corrected chi connectivity index (χ3v) is 4.22. The highest BCUT2D eigenvalue weighted by atomic mass is 16.5. The van der Waals surface area contributed by atoms with Gasteiger partial charge in [-0.3, -0.25) is 0 Å². The van der Waals surface area contributed by atoms with Gasteiger partial charge in [-0.05, 0) is 68.7 Å². The molecule has 2 rings (SSSR count). The van der Waals surface area contributed by atoms with Crippen molar-refractivity contribution in [3.05, 3.63) is 33.9 Å². The van der Waals surface area contributed by atoms with E-state index in [1.54, 1.807) is 20.8 Å². The second kappa shape index (κ2) is 6.95. The van der Waals surface area contributed by atoms with E-state index >= 15 is 0 Å². The predicted octanol–water partition coefficient (Wildman–Crippen LogP) is 3.47. The van der Waals surface area contributed by atoms with Crippen LogP contribution in [0.4, 0.5) is 0 Å². The van der Waals surface area contributed by atoms with Crippen LogP contribution in [0.25, 0.3) is 0 Å². The number of fused-ring (bicyclic) bond motifs is 1. The SMILES string of the molecule is CCOC(=O)c1cc2c(c(C(=O)OCC)c1C)CCC(C)C2. The van der Waals surface area contributed by atoms with E-state index in [9.17, 15) is 9.59 Å². The number of ether oxygens (including phenoxy) is 2. The minimum absolute atomic E-state index is 0.320. The predicted molar refractivity (Wildman–Crippen MR) is 84.3 cm³/mol. The molecule has 1 aliphatic rings. The lowest BCUT2D eigenvalue weighted by atomic mass is 9.80. The van der Waals surface area contributed by atoms with Crippen LogP contribution >= 0.6 is 0 Å². The van der Waals surface area contributed by atoms with Crippen LogP contribution in [0.1, 0.15) is 64.6 Å². The van der Waals surface area contributed by atoms with Crippen molar-refractivity contribution in [2.45, 2.75) is 47.0 Å². The summed E-state index contributed by atoms with van der Waals surface area (Å²) >= 11 is 0. The van der Waals surface area contributed by atoms with Gasteiger partial charge in [-0.2, -0.15) is 0 Å². The molecule has 1 aromatic rings. The monoisotopic (exact) mass is 304 g/mol. The molecule has 1 aromatic carbocycles. The molecule has 4 nitrogen and oxygen atoms in total. The Morgan fingerprint density at radius 2 is 1.82 bits per heavy atom. The first-order chi connectivity index (χ1) is 10.5. The average Bonchev–Trinajstić information content (AvgIpc) is 2.47. The van der Waals surface area contributed by atoms with Gasteiger partial charge in [-0.1, -0.05) is 6.92 Å². The van der Waals surface area contributed by atoms with Crippen molar-refractivity contribution in [1.82, 2.24) is 0 Å². The smallest absolute Gasteiger partial charge is 0.338 e. The summed E-state index contributed by atoms with van der Waals surface area (Å²) in [5, 5.41) is 0. The molecule has 1 atom stereocenters. The summed E-state index contributed by atoms with van der Waals surface area (Å²) in [5.74, 6) is -0.149. The number of esters is 2. The van der Waals surface area contributed by atoms with Gasteiger partial charge in [-0.15, -0.1) is 0 Å². The number of hydrogen-bond acceptors (Lipinski definition) is 4. The van der Waals surface area contributed by atoms with Crippen LogP contribution in [0.5, 0.6) is 0 Å². The Labute approximate surface area is 131 Å². The maximum Gasteiger partial charge on any atom is 0.338 e. The van der Waals surface area contributed by atoms with Crippen LogP contribution in [0, 0.1) is 12.8 Å². The van der Waals surface area contributed by atoms with Crippen LogP contribution < -0.4 is 0 Å². The van der Waals surface area contributed by atoms with Gasteiger partial charge in [0.2, 0.25) is 0 Å². The van der Waals surface area contributed by atoms with Crippen molar-refractivity contribution in [2.75, 3.05) is 13.2 Å². The normalized spacial score (nSPS) is 16.8. The highest BCUT2D eigenvalue weighted by Gasteiger charge is 2.27. The lowest BCUT2D eigenvalue weighted by molar-refractivity contribution is 0.0522. The third-order valence-electron chi connectivity index (χ3n) is 4.22. The lowest BCUT2D eigenvalue weighted by Crippen LogP contribution is -2.21. The first-order valence-electron chi connectivity index (χ1n) is 7.99. The van der Waals surface area contributed by atoms with Crippen LogP contribution in [-0.2, 0) is 22.3 Å². The molecule has 0 spiro atoms. The first-order valence-corrected chi connectivity index (χ1v) is 7.99. The number of hydrogen-bond donors (Lipinski definition) is 0. The molecule has 0 aromatic heterocycles. The molecule has 0 saturated heterocycles. The molecule has 0 heterocycles. The Bertz CT molecular complexity index is 589. The molecule has 0 amide bonds. The summed E-state index contributed by atoms with van der Waals surface area (Å²) in [5.41, 5.74) is 3.84. The molecule has 22 heavy (non-hydrogen) atoms. The van der Waals surface area contributed by atoms with Gasteiger partial charge < -0.3 is 9.47 Å². The Hall–Kier alpha value is -1.84. The van der Waals surface area contributed by atoms with E-state index < -0.39 is 0 Å². The summed E-state index contributed by atoms with van der Waals surface area (Å²) in [4.78, 5) is 24.6. The number of carbonyl (C=O) groups excluding carboxylic acids is 2. The molecule has 120 valence electrons. The van der Waals surface area contributed by atoms with Gasteiger partial charge in [0.25, 0.3) is 0 Å². The van der Waals surface area contributed by atoms with Crippen molar-refractivity contribution < 1.29 is 19.1 Å². The van der Waals surface area contributed by atoms with Gasteiger partial charge in [0.1, 0.15) is 0 Å². The van der Waals surface area contributed by atoms with Crippen LogP contribution in [0.15, 0.2) is 6.07 Å². The Morgan fingerprint density at radius 3 is 2.45 bits per heavy atom. The van der Waals surface area contributed by atoms with E-state index in [4.69, 9.17) is 9.47 Å². The number of rotatable bonds is 4.